The minimum atomic E-state index is -3.55. The second kappa shape index (κ2) is 5.40. The van der Waals surface area contributed by atoms with E-state index in [0.29, 0.717) is 5.69 Å². The van der Waals surface area contributed by atoms with E-state index in [1.165, 1.54) is 12.1 Å². The van der Waals surface area contributed by atoms with Crippen molar-refractivity contribution in [3.8, 4) is 0 Å². The molecule has 0 aliphatic heterocycles. The molecule has 1 heterocycles. The summed E-state index contributed by atoms with van der Waals surface area (Å²) in [6, 6.07) is 7.28. The van der Waals surface area contributed by atoms with Gasteiger partial charge < -0.3 is 5.32 Å². The molecule has 0 bridgehead atoms. The summed E-state index contributed by atoms with van der Waals surface area (Å²) in [5, 5.41) is 6.21. The van der Waals surface area contributed by atoms with Crippen LogP contribution in [0.4, 0.5) is 8.78 Å². The number of hydrogen-bond acceptors (Lipinski definition) is 2. The molecule has 1 aromatic carbocycles. The van der Waals surface area contributed by atoms with E-state index in [1.54, 1.807) is 43.0 Å². The Hall–Kier alpha value is -2.24. The maximum Gasteiger partial charge on any atom is 0.349 e. The third kappa shape index (κ3) is 3.01. The van der Waals surface area contributed by atoms with Gasteiger partial charge in [0.25, 0.3) is 5.91 Å². The number of nitrogens with one attached hydrogen (secondary N) is 1. The highest BCUT2D eigenvalue weighted by Crippen LogP contribution is 2.28. The van der Waals surface area contributed by atoms with Crippen molar-refractivity contribution in [1.82, 2.24) is 15.1 Å². The number of hydrogen-bond donors (Lipinski definition) is 1. The molecule has 0 atom stereocenters. The Bertz CT molecular complexity index is 605. The number of nitrogens with zero attached hydrogens (tertiary/aromatic N) is 2. The second-order valence-electron chi connectivity index (χ2n) is 4.60. The van der Waals surface area contributed by atoms with E-state index in [0.717, 1.165) is 5.56 Å². The zero-order valence-corrected chi connectivity index (χ0v) is 11.2. The second-order valence-corrected chi connectivity index (χ2v) is 4.60. The van der Waals surface area contributed by atoms with Crippen molar-refractivity contribution in [2.45, 2.75) is 19.4 Å². The first kappa shape index (κ1) is 14.2. The molecule has 0 fully saturated rings. The Labute approximate surface area is 115 Å². The van der Waals surface area contributed by atoms with E-state index >= 15 is 0 Å². The topological polar surface area (TPSA) is 46.9 Å². The molecule has 0 spiro atoms. The van der Waals surface area contributed by atoms with Crippen molar-refractivity contribution in [1.29, 1.82) is 0 Å². The van der Waals surface area contributed by atoms with Gasteiger partial charge in [-0.15, -0.1) is 0 Å². The Balaban J connectivity index is 2.05. The molecule has 1 amide bonds. The van der Waals surface area contributed by atoms with Crippen molar-refractivity contribution in [3.05, 3.63) is 53.3 Å². The summed E-state index contributed by atoms with van der Waals surface area (Å²) in [7, 11) is 1.71. The number of carbonyl (C=O) groups is 1. The van der Waals surface area contributed by atoms with Crippen LogP contribution < -0.4 is 5.32 Å². The fourth-order valence-electron chi connectivity index (χ4n) is 1.73. The van der Waals surface area contributed by atoms with Crippen LogP contribution in [0.25, 0.3) is 0 Å². The monoisotopic (exact) mass is 279 g/mol. The third-order valence-electron chi connectivity index (χ3n) is 2.90. The third-order valence-corrected chi connectivity index (χ3v) is 2.90. The molecular weight excluding hydrogens is 264 g/mol. The molecule has 106 valence electrons. The molecule has 6 heteroatoms. The van der Waals surface area contributed by atoms with Crippen molar-refractivity contribution in [3.63, 3.8) is 0 Å². The molecule has 0 aliphatic rings. The molecule has 0 unspecified atom stereocenters. The van der Waals surface area contributed by atoms with Crippen LogP contribution in [0.15, 0.2) is 36.5 Å². The molecule has 4 nitrogen and oxygen atoms in total. The first-order valence-corrected chi connectivity index (χ1v) is 6.11. The van der Waals surface area contributed by atoms with Crippen molar-refractivity contribution < 1.29 is 13.6 Å². The van der Waals surface area contributed by atoms with Gasteiger partial charge in [0.05, 0.1) is 12.2 Å². The van der Waals surface area contributed by atoms with Gasteiger partial charge >= 0.3 is 5.92 Å². The number of benzene rings is 1. The first-order chi connectivity index (χ1) is 9.39. The lowest BCUT2D eigenvalue weighted by atomic mass is 10.1. The van der Waals surface area contributed by atoms with Crippen molar-refractivity contribution >= 4 is 5.91 Å². The van der Waals surface area contributed by atoms with Crippen LogP contribution in [-0.4, -0.2) is 15.7 Å². The zero-order chi connectivity index (χ0) is 14.8. The number of aromatic nitrogens is 2. The summed E-state index contributed by atoms with van der Waals surface area (Å²) in [4.78, 5) is 11.6. The summed E-state index contributed by atoms with van der Waals surface area (Å²) < 4.78 is 29.4. The number of rotatable bonds is 4. The number of halogens is 2. The SMILES string of the molecule is Cc1ccc(C(F)(F)C(=O)NCc2ccn(C)n2)cc1. The summed E-state index contributed by atoms with van der Waals surface area (Å²) >= 11 is 0. The minimum Gasteiger partial charge on any atom is -0.345 e. The molecule has 2 aromatic rings. The van der Waals surface area contributed by atoms with Gasteiger partial charge in [-0.2, -0.15) is 13.9 Å². The average Bonchev–Trinajstić information content (AvgIpc) is 2.82. The Morgan fingerprint density at radius 1 is 1.30 bits per heavy atom. The molecule has 0 aliphatic carbocycles. The van der Waals surface area contributed by atoms with Gasteiger partial charge in [-0.3, -0.25) is 9.48 Å². The Kier molecular flexibility index (Phi) is 3.83. The lowest BCUT2D eigenvalue weighted by Gasteiger charge is -2.16. The standard InChI is InChI=1S/C14H15F2N3O/c1-10-3-5-11(6-4-10)14(15,16)13(20)17-9-12-7-8-19(2)18-12/h3-8H,9H2,1-2H3,(H,17,20). The number of carbonyl (C=O) groups excluding carboxylic acids is 1. The lowest BCUT2D eigenvalue weighted by Crippen LogP contribution is -2.37. The van der Waals surface area contributed by atoms with Crippen LogP contribution in [-0.2, 0) is 24.3 Å². The van der Waals surface area contributed by atoms with Crippen LogP contribution in [0.5, 0.6) is 0 Å². The molecule has 0 radical (unpaired) electrons. The van der Waals surface area contributed by atoms with E-state index in [-0.39, 0.29) is 12.1 Å². The van der Waals surface area contributed by atoms with Crippen LogP contribution >= 0.6 is 0 Å². The highest BCUT2D eigenvalue weighted by atomic mass is 19.3. The zero-order valence-electron chi connectivity index (χ0n) is 11.2. The molecule has 1 aromatic heterocycles. The van der Waals surface area contributed by atoms with Crippen molar-refractivity contribution in [2.75, 3.05) is 0 Å². The first-order valence-electron chi connectivity index (χ1n) is 6.11. The normalized spacial score (nSPS) is 11.4. The molecule has 0 saturated heterocycles. The van der Waals surface area contributed by atoms with E-state index in [9.17, 15) is 13.6 Å². The maximum atomic E-state index is 14.0. The van der Waals surface area contributed by atoms with Crippen LogP contribution in [0, 0.1) is 6.92 Å². The van der Waals surface area contributed by atoms with Crippen molar-refractivity contribution in [2.24, 2.45) is 7.05 Å². The van der Waals surface area contributed by atoms with E-state index in [4.69, 9.17) is 0 Å². The summed E-state index contributed by atoms with van der Waals surface area (Å²) in [5.41, 5.74) is 1.07. The highest BCUT2D eigenvalue weighted by molar-refractivity contribution is 5.84. The molecule has 1 N–H and O–H groups in total. The van der Waals surface area contributed by atoms with Gasteiger partial charge in [-0.05, 0) is 13.0 Å². The van der Waals surface area contributed by atoms with Gasteiger partial charge in [-0.25, -0.2) is 0 Å². The van der Waals surface area contributed by atoms with E-state index < -0.39 is 11.8 Å². The predicted molar refractivity (Wildman–Crippen MR) is 70.1 cm³/mol. The van der Waals surface area contributed by atoms with E-state index in [2.05, 4.69) is 10.4 Å². The Morgan fingerprint density at radius 3 is 2.50 bits per heavy atom. The smallest absolute Gasteiger partial charge is 0.345 e. The summed E-state index contributed by atoms with van der Waals surface area (Å²) in [5.74, 6) is -4.88. The molecule has 2 rings (SSSR count). The number of alkyl halides is 2. The molecule has 20 heavy (non-hydrogen) atoms. The minimum absolute atomic E-state index is 0.0267. The summed E-state index contributed by atoms with van der Waals surface area (Å²) in [6.45, 7) is 1.77. The largest absolute Gasteiger partial charge is 0.349 e. The molecular formula is C14H15F2N3O. The van der Waals surface area contributed by atoms with Gasteiger partial charge in [-0.1, -0.05) is 29.8 Å². The van der Waals surface area contributed by atoms with Gasteiger partial charge in [0.15, 0.2) is 0 Å². The fourth-order valence-corrected chi connectivity index (χ4v) is 1.73. The van der Waals surface area contributed by atoms with Gasteiger partial charge in [0.2, 0.25) is 0 Å². The quantitative estimate of drug-likeness (QED) is 0.932. The summed E-state index contributed by atoms with van der Waals surface area (Å²) in [6.07, 6.45) is 1.68. The Morgan fingerprint density at radius 2 is 1.95 bits per heavy atom. The highest BCUT2D eigenvalue weighted by Gasteiger charge is 2.40. The van der Waals surface area contributed by atoms with E-state index in [1.807, 2.05) is 0 Å². The predicted octanol–water partition coefficient (Wildman–Crippen LogP) is 2.14. The van der Waals surface area contributed by atoms with Gasteiger partial charge in [0, 0.05) is 18.8 Å². The average molecular weight is 279 g/mol. The lowest BCUT2D eigenvalue weighted by molar-refractivity contribution is -0.147. The van der Waals surface area contributed by atoms with Crippen LogP contribution in [0.2, 0.25) is 0 Å². The van der Waals surface area contributed by atoms with Gasteiger partial charge in [0.1, 0.15) is 0 Å². The molecule has 0 saturated carbocycles. The van der Waals surface area contributed by atoms with Crippen LogP contribution in [0.3, 0.4) is 0 Å². The number of amides is 1. The van der Waals surface area contributed by atoms with Crippen LogP contribution in [0.1, 0.15) is 16.8 Å². The maximum absolute atomic E-state index is 14.0. The number of aryl methyl sites for hydroxylation is 2. The fraction of sp³-hybridized carbons (Fsp3) is 0.286.